The van der Waals surface area contributed by atoms with Crippen LogP contribution in [0.15, 0.2) is 89.4 Å². The van der Waals surface area contributed by atoms with E-state index in [2.05, 4.69) is 53.2 Å². The summed E-state index contributed by atoms with van der Waals surface area (Å²) in [7, 11) is 0. The Bertz CT molecular complexity index is 1380. The van der Waals surface area contributed by atoms with Gasteiger partial charge in [-0.05, 0) is 74.6 Å². The van der Waals surface area contributed by atoms with Gasteiger partial charge in [-0.15, -0.1) is 0 Å². The molecule has 0 saturated heterocycles. The minimum absolute atomic E-state index is 0.0609. The highest BCUT2D eigenvalue weighted by atomic mass is 79.9. The van der Waals surface area contributed by atoms with Gasteiger partial charge in [0.1, 0.15) is 12.4 Å². The Morgan fingerprint density at radius 3 is 2.52 bits per heavy atom. The van der Waals surface area contributed by atoms with Gasteiger partial charge in [0, 0.05) is 17.7 Å². The molecule has 1 aliphatic rings. The number of carbonyl (C=O) groups is 1. The van der Waals surface area contributed by atoms with E-state index in [1.807, 2.05) is 65.6 Å². The molecule has 1 aliphatic heterocycles. The lowest BCUT2D eigenvalue weighted by atomic mass is 10.0. The minimum Gasteiger partial charge on any atom is -0.488 e. The number of fused-ring (bicyclic) bond motifs is 2. The van der Waals surface area contributed by atoms with Gasteiger partial charge >= 0.3 is 0 Å². The van der Waals surface area contributed by atoms with Crippen LogP contribution < -0.4 is 9.64 Å². The normalized spacial score (nSPS) is 14.2. The molecule has 0 fully saturated rings. The Hall–Kier alpha value is -3.37. The standard InChI is InChI=1S/C29H24BrNO2/c1-2-15-31-27-10-6-5-9-24(27)25(29(31)32)17-20-12-14-28(26(30)18-20)33-19-21-11-13-22-7-3-4-8-23(22)16-21/h3-14,16-18H,2,15,19H2,1H3/b25-17-. The molecule has 33 heavy (non-hydrogen) atoms. The molecule has 0 spiro atoms. The maximum atomic E-state index is 13.1. The third-order valence-corrected chi connectivity index (χ3v) is 6.50. The van der Waals surface area contributed by atoms with Gasteiger partial charge < -0.3 is 9.64 Å². The number of nitrogens with zero attached hydrogens (tertiary/aromatic N) is 1. The van der Waals surface area contributed by atoms with E-state index in [1.165, 1.54) is 10.8 Å². The van der Waals surface area contributed by atoms with E-state index in [4.69, 9.17) is 4.74 Å². The summed E-state index contributed by atoms with van der Waals surface area (Å²) < 4.78 is 6.94. The summed E-state index contributed by atoms with van der Waals surface area (Å²) in [5.74, 6) is 0.835. The molecule has 0 atom stereocenters. The maximum absolute atomic E-state index is 13.1. The van der Waals surface area contributed by atoms with Crippen LogP contribution >= 0.6 is 15.9 Å². The van der Waals surface area contributed by atoms with Crippen molar-refractivity contribution >= 4 is 49.9 Å². The zero-order valence-corrected chi connectivity index (χ0v) is 20.0. The number of benzene rings is 4. The summed E-state index contributed by atoms with van der Waals surface area (Å²) in [4.78, 5) is 15.0. The molecule has 1 amide bonds. The molecule has 4 aromatic rings. The summed E-state index contributed by atoms with van der Waals surface area (Å²) >= 11 is 3.64. The van der Waals surface area contributed by atoms with E-state index >= 15 is 0 Å². The number of anilines is 1. The van der Waals surface area contributed by atoms with Crippen molar-refractivity contribution in [3.05, 3.63) is 106 Å². The van der Waals surface area contributed by atoms with Gasteiger partial charge in [0.15, 0.2) is 0 Å². The second-order valence-corrected chi connectivity index (χ2v) is 9.05. The first-order valence-corrected chi connectivity index (χ1v) is 12.0. The largest absolute Gasteiger partial charge is 0.488 e. The second-order valence-electron chi connectivity index (χ2n) is 8.19. The van der Waals surface area contributed by atoms with Crippen LogP contribution in [0, 0.1) is 0 Å². The first-order valence-electron chi connectivity index (χ1n) is 11.2. The van der Waals surface area contributed by atoms with Crippen LogP contribution in [-0.4, -0.2) is 12.5 Å². The van der Waals surface area contributed by atoms with Gasteiger partial charge in [-0.25, -0.2) is 0 Å². The lowest BCUT2D eigenvalue weighted by molar-refractivity contribution is -0.113. The van der Waals surface area contributed by atoms with Crippen LogP contribution in [0.5, 0.6) is 5.75 Å². The number of hydrogen-bond donors (Lipinski definition) is 0. The number of rotatable bonds is 6. The molecule has 0 saturated carbocycles. The summed E-state index contributed by atoms with van der Waals surface area (Å²) in [6, 6.07) is 28.6. The number of carbonyl (C=O) groups excluding carboxylic acids is 1. The molecular formula is C29H24BrNO2. The van der Waals surface area contributed by atoms with Crippen LogP contribution in [0.1, 0.15) is 30.0 Å². The number of halogens is 1. The Kier molecular flexibility index (Phi) is 6.01. The van der Waals surface area contributed by atoms with Crippen LogP contribution in [0.3, 0.4) is 0 Å². The molecule has 3 nitrogen and oxygen atoms in total. The van der Waals surface area contributed by atoms with Crippen molar-refractivity contribution in [2.75, 3.05) is 11.4 Å². The van der Waals surface area contributed by atoms with E-state index in [0.29, 0.717) is 6.61 Å². The van der Waals surface area contributed by atoms with Crippen molar-refractivity contribution in [1.29, 1.82) is 0 Å². The number of para-hydroxylation sites is 1. The molecule has 1 heterocycles. The Morgan fingerprint density at radius 2 is 1.70 bits per heavy atom. The zero-order valence-electron chi connectivity index (χ0n) is 18.4. The Labute approximate surface area is 202 Å². The highest BCUT2D eigenvalue weighted by molar-refractivity contribution is 9.10. The van der Waals surface area contributed by atoms with Gasteiger partial charge in [0.05, 0.1) is 10.2 Å². The monoisotopic (exact) mass is 497 g/mol. The van der Waals surface area contributed by atoms with E-state index in [-0.39, 0.29) is 5.91 Å². The topological polar surface area (TPSA) is 29.5 Å². The van der Waals surface area contributed by atoms with Crippen molar-refractivity contribution in [3.8, 4) is 5.75 Å². The molecule has 0 aliphatic carbocycles. The van der Waals surface area contributed by atoms with Crippen LogP contribution in [0.25, 0.3) is 22.4 Å². The summed E-state index contributed by atoms with van der Waals surface area (Å²) in [6.45, 7) is 3.30. The van der Waals surface area contributed by atoms with Crippen LogP contribution in [-0.2, 0) is 11.4 Å². The van der Waals surface area contributed by atoms with Crippen molar-refractivity contribution < 1.29 is 9.53 Å². The number of amides is 1. The summed E-state index contributed by atoms with van der Waals surface area (Å²) in [6.07, 6.45) is 2.89. The molecule has 0 unspecified atom stereocenters. The average Bonchev–Trinajstić information content (AvgIpc) is 3.10. The first-order chi connectivity index (χ1) is 16.1. The molecule has 0 N–H and O–H groups in total. The Morgan fingerprint density at radius 1 is 0.909 bits per heavy atom. The third-order valence-electron chi connectivity index (χ3n) is 5.88. The molecular weight excluding hydrogens is 474 g/mol. The predicted molar refractivity (Wildman–Crippen MR) is 139 cm³/mol. The fourth-order valence-corrected chi connectivity index (χ4v) is 4.78. The summed E-state index contributed by atoms with van der Waals surface area (Å²) in [5, 5.41) is 2.43. The predicted octanol–water partition coefficient (Wildman–Crippen LogP) is 7.48. The van der Waals surface area contributed by atoms with Gasteiger partial charge in [-0.2, -0.15) is 0 Å². The zero-order chi connectivity index (χ0) is 22.8. The van der Waals surface area contributed by atoms with Crippen LogP contribution in [0.2, 0.25) is 0 Å². The van der Waals surface area contributed by atoms with Crippen molar-refractivity contribution in [3.63, 3.8) is 0 Å². The van der Waals surface area contributed by atoms with Crippen molar-refractivity contribution in [2.24, 2.45) is 0 Å². The van der Waals surface area contributed by atoms with Crippen molar-refractivity contribution in [2.45, 2.75) is 20.0 Å². The molecule has 0 radical (unpaired) electrons. The molecule has 164 valence electrons. The fraction of sp³-hybridized carbons (Fsp3) is 0.138. The minimum atomic E-state index is 0.0609. The molecule has 0 aromatic heterocycles. The number of ether oxygens (including phenoxy) is 1. The molecule has 5 rings (SSSR count). The van der Waals surface area contributed by atoms with Crippen molar-refractivity contribution in [1.82, 2.24) is 0 Å². The van der Waals surface area contributed by atoms with E-state index in [0.717, 1.165) is 51.1 Å². The fourth-order valence-electron chi connectivity index (χ4n) is 4.27. The number of hydrogen-bond acceptors (Lipinski definition) is 2. The second kappa shape index (κ2) is 9.24. The first kappa shape index (κ1) is 21.5. The van der Waals surface area contributed by atoms with Gasteiger partial charge in [-0.3, -0.25) is 4.79 Å². The lowest BCUT2D eigenvalue weighted by Gasteiger charge is -2.15. The van der Waals surface area contributed by atoms with Gasteiger partial charge in [0.25, 0.3) is 5.91 Å². The molecule has 4 aromatic carbocycles. The highest BCUT2D eigenvalue weighted by Gasteiger charge is 2.31. The summed E-state index contributed by atoms with van der Waals surface area (Å²) in [5.41, 5.74) is 4.79. The lowest BCUT2D eigenvalue weighted by Crippen LogP contribution is -2.26. The van der Waals surface area contributed by atoms with Gasteiger partial charge in [0.2, 0.25) is 0 Å². The average molecular weight is 498 g/mol. The van der Waals surface area contributed by atoms with E-state index < -0.39 is 0 Å². The highest BCUT2D eigenvalue weighted by Crippen LogP contribution is 2.38. The quantitative estimate of drug-likeness (QED) is 0.258. The smallest absolute Gasteiger partial charge is 0.258 e. The Balaban J connectivity index is 1.36. The maximum Gasteiger partial charge on any atom is 0.258 e. The third kappa shape index (κ3) is 4.31. The molecule has 4 heteroatoms. The van der Waals surface area contributed by atoms with Gasteiger partial charge in [-0.1, -0.05) is 67.6 Å². The van der Waals surface area contributed by atoms with E-state index in [9.17, 15) is 4.79 Å². The molecule has 0 bridgehead atoms. The van der Waals surface area contributed by atoms with Crippen LogP contribution in [0.4, 0.5) is 5.69 Å². The SMILES string of the molecule is CCCN1C(=O)/C(=C\c2ccc(OCc3ccc4ccccc4c3)c(Br)c2)c2ccccc21. The van der Waals surface area contributed by atoms with E-state index in [1.54, 1.807) is 0 Å².